The number of anilines is 1. The maximum atomic E-state index is 15.9. The lowest BCUT2D eigenvalue weighted by Gasteiger charge is -2.30. The molecule has 0 fully saturated rings. The number of halogens is 3. The van der Waals surface area contributed by atoms with Gasteiger partial charge in [-0.05, 0) is 30.4 Å². The van der Waals surface area contributed by atoms with Gasteiger partial charge in [0.2, 0.25) is 0 Å². The van der Waals surface area contributed by atoms with E-state index in [9.17, 15) is 4.55 Å². The van der Waals surface area contributed by atoms with Crippen LogP contribution in [0.15, 0.2) is 59.3 Å². The molecule has 0 N–H and O–H groups in total. The van der Waals surface area contributed by atoms with Crippen molar-refractivity contribution in [2.45, 2.75) is 11.4 Å². The second kappa shape index (κ2) is 8.34. The van der Waals surface area contributed by atoms with Crippen molar-refractivity contribution < 1.29 is 18.1 Å². The van der Waals surface area contributed by atoms with Gasteiger partial charge in [0.05, 0.1) is 16.3 Å². The topological polar surface area (TPSA) is 91.5 Å². The van der Waals surface area contributed by atoms with Crippen LogP contribution < -0.4 is 4.90 Å². The maximum absolute atomic E-state index is 15.9. The van der Waals surface area contributed by atoms with E-state index in [0.29, 0.717) is 16.1 Å². The molecule has 5 rings (SSSR count). The number of allylic oxidation sites excluding steroid dienone is 2. The summed E-state index contributed by atoms with van der Waals surface area (Å²) in [5.41, 5.74) is 0.462. The Kier molecular flexibility index (Phi) is 5.49. The Labute approximate surface area is 194 Å². The van der Waals surface area contributed by atoms with E-state index in [0.717, 1.165) is 6.07 Å². The molecule has 0 bridgehead atoms. The molecule has 1 aliphatic heterocycles. The van der Waals surface area contributed by atoms with Gasteiger partial charge in [0.25, 0.3) is 0 Å². The van der Waals surface area contributed by atoms with Crippen LogP contribution in [0.25, 0.3) is 27.8 Å². The van der Waals surface area contributed by atoms with Gasteiger partial charge in [0.15, 0.2) is 23.3 Å². The Bertz CT molecular complexity index is 1460. The summed E-state index contributed by atoms with van der Waals surface area (Å²) in [6, 6.07) is 4.01. The van der Waals surface area contributed by atoms with Gasteiger partial charge < -0.3 is 14.2 Å². The minimum Gasteiger partial charge on any atom is -0.609 e. The van der Waals surface area contributed by atoms with Crippen LogP contribution in [0.1, 0.15) is 0 Å². The fraction of sp³-hybridized carbons (Fsp3) is 0.143. The van der Waals surface area contributed by atoms with E-state index in [1.807, 2.05) is 0 Å². The summed E-state index contributed by atoms with van der Waals surface area (Å²) in [4.78, 5) is 9.86. The molecule has 3 aromatic heterocycles. The van der Waals surface area contributed by atoms with Crippen LogP contribution >= 0.6 is 11.6 Å². The molecule has 12 heteroatoms. The molecule has 2 atom stereocenters. The first-order valence-corrected chi connectivity index (χ1v) is 11.5. The fourth-order valence-electron chi connectivity index (χ4n) is 3.68. The molecule has 4 heterocycles. The van der Waals surface area contributed by atoms with Crippen molar-refractivity contribution in [3.63, 3.8) is 0 Å². The van der Waals surface area contributed by atoms with Crippen molar-refractivity contribution in [2.75, 3.05) is 18.3 Å². The van der Waals surface area contributed by atoms with Gasteiger partial charge in [0.1, 0.15) is 18.4 Å². The lowest BCUT2D eigenvalue weighted by atomic mass is 10.0. The normalized spacial score (nSPS) is 17.1. The zero-order valence-electron chi connectivity index (χ0n) is 17.2. The Morgan fingerprint density at radius 2 is 2.06 bits per heavy atom. The van der Waals surface area contributed by atoms with Crippen molar-refractivity contribution in [1.29, 1.82) is 0 Å². The molecule has 0 saturated carbocycles. The van der Waals surface area contributed by atoms with E-state index in [4.69, 9.17) is 16.3 Å². The van der Waals surface area contributed by atoms with Gasteiger partial charge in [-0.2, -0.15) is 9.97 Å². The van der Waals surface area contributed by atoms with Crippen LogP contribution in [0.2, 0.25) is 0 Å². The van der Waals surface area contributed by atoms with Crippen LogP contribution in [-0.2, 0) is 15.9 Å². The van der Waals surface area contributed by atoms with Crippen LogP contribution in [0, 0.1) is 11.6 Å². The predicted octanol–water partition coefficient (Wildman–Crippen LogP) is 3.78. The second-order valence-corrected chi connectivity index (χ2v) is 8.84. The van der Waals surface area contributed by atoms with Gasteiger partial charge in [-0.15, -0.1) is 10.2 Å². The molecular weight excluding hydrogens is 474 g/mol. The number of rotatable bonds is 4. The molecule has 33 heavy (non-hydrogen) atoms. The molecule has 0 radical (unpaired) electrons. The monoisotopic (exact) mass is 488 g/mol. The van der Waals surface area contributed by atoms with E-state index in [2.05, 4.69) is 20.2 Å². The summed E-state index contributed by atoms with van der Waals surface area (Å²) in [5, 5.41) is 8.88. The first-order chi connectivity index (χ1) is 15.9. The van der Waals surface area contributed by atoms with Crippen LogP contribution in [0.4, 0.5) is 14.5 Å². The van der Waals surface area contributed by atoms with E-state index >= 15 is 8.78 Å². The SMILES string of the molecule is COC1C=CC(Cl)=CN1c1ccc(F)c(-c2cc3cnc([S+](C)[O-])nc3n3cnnc23)c1F. The zero-order valence-corrected chi connectivity index (χ0v) is 18.8. The number of ether oxygens (including phenoxy) is 1. The standard InChI is InChI=1S/C21H15ClF2N6O2S/c1-32-16-6-3-12(22)9-29(16)15-5-4-14(23)17(18(15)24)13-7-11-8-25-21(33(2)31)27-19(11)30-10-26-28-20(13)30/h3-10,16H,1-2H3. The number of pyridine rings is 1. The smallest absolute Gasteiger partial charge is 0.344 e. The van der Waals surface area contributed by atoms with E-state index in [1.54, 1.807) is 12.2 Å². The third kappa shape index (κ3) is 3.62. The van der Waals surface area contributed by atoms with Crippen molar-refractivity contribution >= 4 is 45.1 Å². The van der Waals surface area contributed by atoms with Crippen LogP contribution in [-0.4, -0.2) is 48.7 Å². The van der Waals surface area contributed by atoms with Crippen molar-refractivity contribution in [3.8, 4) is 11.1 Å². The van der Waals surface area contributed by atoms with E-state index < -0.39 is 29.0 Å². The zero-order chi connectivity index (χ0) is 23.3. The number of aromatic nitrogens is 5. The molecule has 1 aliphatic rings. The third-order valence-electron chi connectivity index (χ3n) is 5.16. The Balaban J connectivity index is 1.75. The highest BCUT2D eigenvalue weighted by atomic mass is 35.5. The second-order valence-electron chi connectivity index (χ2n) is 7.13. The molecule has 0 amide bonds. The largest absolute Gasteiger partial charge is 0.609 e. The van der Waals surface area contributed by atoms with Gasteiger partial charge >= 0.3 is 5.16 Å². The molecule has 0 spiro atoms. The Morgan fingerprint density at radius 1 is 1.24 bits per heavy atom. The highest BCUT2D eigenvalue weighted by molar-refractivity contribution is 7.90. The van der Waals surface area contributed by atoms with Gasteiger partial charge in [0, 0.05) is 41.6 Å². The van der Waals surface area contributed by atoms with Crippen LogP contribution in [0.5, 0.6) is 0 Å². The highest BCUT2D eigenvalue weighted by Gasteiger charge is 2.26. The fourth-order valence-corrected chi connectivity index (χ4v) is 4.27. The number of fused-ring (bicyclic) bond motifs is 3. The molecule has 0 aliphatic carbocycles. The average Bonchev–Trinajstić information content (AvgIpc) is 3.29. The molecule has 4 aromatic rings. The molecular formula is C21H15ClF2N6O2S. The maximum Gasteiger partial charge on any atom is 0.344 e. The van der Waals surface area contributed by atoms with E-state index in [1.165, 1.54) is 53.5 Å². The molecule has 1 aromatic carbocycles. The molecule has 168 valence electrons. The number of benzene rings is 1. The predicted molar refractivity (Wildman–Crippen MR) is 120 cm³/mol. The summed E-state index contributed by atoms with van der Waals surface area (Å²) in [6.07, 6.45) is 8.43. The van der Waals surface area contributed by atoms with Gasteiger partial charge in [-0.25, -0.2) is 8.78 Å². The minimum atomic E-state index is -1.41. The highest BCUT2D eigenvalue weighted by Crippen LogP contribution is 2.37. The summed E-state index contributed by atoms with van der Waals surface area (Å²) in [7, 11) is 1.47. The lowest BCUT2D eigenvalue weighted by Crippen LogP contribution is -2.33. The first-order valence-electron chi connectivity index (χ1n) is 9.57. The number of methoxy groups -OCH3 is 1. The lowest BCUT2D eigenvalue weighted by molar-refractivity contribution is 0.143. The third-order valence-corrected chi connectivity index (χ3v) is 6.10. The quantitative estimate of drug-likeness (QED) is 0.319. The molecule has 2 unspecified atom stereocenters. The van der Waals surface area contributed by atoms with Crippen molar-refractivity contribution in [3.05, 3.63) is 65.7 Å². The molecule has 0 saturated heterocycles. The van der Waals surface area contributed by atoms with Gasteiger partial charge in [-0.1, -0.05) is 11.6 Å². The van der Waals surface area contributed by atoms with Crippen molar-refractivity contribution in [2.24, 2.45) is 0 Å². The number of hydrogen-bond acceptors (Lipinski definition) is 7. The Hall–Kier alpha value is -3.12. The minimum absolute atomic E-state index is 0.0616. The summed E-state index contributed by atoms with van der Waals surface area (Å²) in [6.45, 7) is 0. The van der Waals surface area contributed by atoms with Crippen LogP contribution in [0.3, 0.4) is 0 Å². The van der Waals surface area contributed by atoms with Gasteiger partial charge in [-0.3, -0.25) is 4.40 Å². The first kappa shape index (κ1) is 21.7. The van der Waals surface area contributed by atoms with Crippen molar-refractivity contribution in [1.82, 2.24) is 24.6 Å². The Morgan fingerprint density at radius 3 is 2.82 bits per heavy atom. The summed E-state index contributed by atoms with van der Waals surface area (Å²) >= 11 is 4.70. The number of nitrogens with zero attached hydrogens (tertiary/aromatic N) is 6. The number of hydrogen-bond donors (Lipinski definition) is 0. The molecule has 8 nitrogen and oxygen atoms in total. The summed E-state index contributed by atoms with van der Waals surface area (Å²) in [5.74, 6) is -1.62. The average molecular weight is 489 g/mol. The summed E-state index contributed by atoms with van der Waals surface area (Å²) < 4.78 is 49.6. The van der Waals surface area contributed by atoms with E-state index in [-0.39, 0.29) is 27.6 Å².